The number of H-pyrrole nitrogens is 1. The Bertz CT molecular complexity index is 379. The van der Waals surface area contributed by atoms with Gasteiger partial charge in [0.2, 0.25) is 0 Å². The third-order valence-corrected chi connectivity index (χ3v) is 2.98. The Labute approximate surface area is 90.9 Å². The number of nitrogen functional groups attached to an aromatic ring is 1. The van der Waals surface area contributed by atoms with Gasteiger partial charge in [0.25, 0.3) is 11.8 Å². The highest BCUT2D eigenvalue weighted by Crippen LogP contribution is 2.32. The summed E-state index contributed by atoms with van der Waals surface area (Å²) in [5.41, 5.74) is 5.99. The average Bonchev–Trinajstić information content (AvgIpc) is 2.57. The lowest BCUT2D eigenvalue weighted by atomic mass is 10.3. The average molecular weight is 228 g/mol. The SMILES string of the molecule is CCSCC1Oc2n[nH]c(N)c2NC1=O. The molecule has 1 atom stereocenters. The Morgan fingerprint density at radius 1 is 1.67 bits per heavy atom. The molecule has 0 aromatic carbocycles. The Morgan fingerprint density at radius 2 is 2.47 bits per heavy atom. The third kappa shape index (κ3) is 1.87. The van der Waals surface area contributed by atoms with Crippen molar-refractivity contribution in [2.24, 2.45) is 0 Å². The van der Waals surface area contributed by atoms with Gasteiger partial charge in [0, 0.05) is 5.75 Å². The highest BCUT2D eigenvalue weighted by molar-refractivity contribution is 7.99. The van der Waals surface area contributed by atoms with Crippen LogP contribution < -0.4 is 15.8 Å². The molecule has 1 aromatic heterocycles. The van der Waals surface area contributed by atoms with Crippen molar-refractivity contribution in [3.8, 4) is 5.88 Å². The lowest BCUT2D eigenvalue weighted by Gasteiger charge is -2.21. The van der Waals surface area contributed by atoms with E-state index in [0.29, 0.717) is 23.1 Å². The van der Waals surface area contributed by atoms with Gasteiger partial charge in [-0.3, -0.25) is 9.89 Å². The Balaban J connectivity index is 2.12. The molecular formula is C8H12N4O2S. The molecule has 1 amide bonds. The second-order valence-electron chi connectivity index (χ2n) is 3.07. The molecule has 0 fully saturated rings. The van der Waals surface area contributed by atoms with Crippen molar-refractivity contribution in [1.82, 2.24) is 10.2 Å². The molecule has 1 aliphatic heterocycles. The molecule has 82 valence electrons. The predicted molar refractivity (Wildman–Crippen MR) is 59.0 cm³/mol. The molecule has 0 spiro atoms. The van der Waals surface area contributed by atoms with Crippen LogP contribution in [0.1, 0.15) is 6.92 Å². The van der Waals surface area contributed by atoms with Crippen molar-refractivity contribution in [2.75, 3.05) is 22.6 Å². The van der Waals surface area contributed by atoms with E-state index in [-0.39, 0.29) is 5.91 Å². The summed E-state index contributed by atoms with van der Waals surface area (Å²) in [6.07, 6.45) is -0.481. The van der Waals surface area contributed by atoms with Crippen LogP contribution in [0, 0.1) is 0 Å². The Morgan fingerprint density at radius 3 is 3.20 bits per heavy atom. The minimum atomic E-state index is -0.481. The fourth-order valence-electron chi connectivity index (χ4n) is 1.27. The maximum Gasteiger partial charge on any atom is 0.266 e. The third-order valence-electron chi connectivity index (χ3n) is 2.03. The molecule has 7 heteroatoms. The summed E-state index contributed by atoms with van der Waals surface area (Å²) in [7, 11) is 0. The van der Waals surface area contributed by atoms with Gasteiger partial charge in [0.15, 0.2) is 6.10 Å². The summed E-state index contributed by atoms with van der Waals surface area (Å²) in [4.78, 5) is 11.6. The number of rotatable bonds is 3. The number of ether oxygens (including phenoxy) is 1. The maximum atomic E-state index is 11.6. The highest BCUT2D eigenvalue weighted by Gasteiger charge is 2.30. The maximum absolute atomic E-state index is 11.6. The van der Waals surface area contributed by atoms with Crippen LogP contribution in [0.25, 0.3) is 0 Å². The van der Waals surface area contributed by atoms with Crippen LogP contribution in [-0.4, -0.2) is 33.7 Å². The zero-order valence-corrected chi connectivity index (χ0v) is 9.06. The molecule has 0 radical (unpaired) electrons. The zero-order chi connectivity index (χ0) is 10.8. The summed E-state index contributed by atoms with van der Waals surface area (Å²) in [6.45, 7) is 2.03. The van der Waals surface area contributed by atoms with Gasteiger partial charge < -0.3 is 15.8 Å². The van der Waals surface area contributed by atoms with Gasteiger partial charge in [0.1, 0.15) is 11.5 Å². The smallest absolute Gasteiger partial charge is 0.266 e. The minimum absolute atomic E-state index is 0.170. The molecule has 1 aliphatic rings. The molecule has 4 N–H and O–H groups in total. The number of anilines is 2. The number of hydrogen-bond acceptors (Lipinski definition) is 5. The van der Waals surface area contributed by atoms with E-state index in [2.05, 4.69) is 15.5 Å². The van der Waals surface area contributed by atoms with Crippen LogP contribution in [0.4, 0.5) is 11.5 Å². The number of nitrogens with zero attached hydrogens (tertiary/aromatic N) is 1. The zero-order valence-electron chi connectivity index (χ0n) is 8.24. The Hall–Kier alpha value is -1.37. The van der Waals surface area contributed by atoms with E-state index >= 15 is 0 Å². The first-order valence-electron chi connectivity index (χ1n) is 4.61. The molecule has 6 nitrogen and oxygen atoms in total. The van der Waals surface area contributed by atoms with Gasteiger partial charge in [-0.2, -0.15) is 11.8 Å². The summed E-state index contributed by atoms with van der Waals surface area (Å²) in [5, 5.41) is 9.08. The number of thioether (sulfide) groups is 1. The number of carbonyl (C=O) groups is 1. The van der Waals surface area contributed by atoms with Gasteiger partial charge >= 0.3 is 0 Å². The normalized spacial score (nSPS) is 19.3. The molecule has 0 saturated heterocycles. The van der Waals surface area contributed by atoms with Gasteiger partial charge in [-0.05, 0) is 5.75 Å². The summed E-state index contributed by atoms with van der Waals surface area (Å²) < 4.78 is 5.41. The van der Waals surface area contributed by atoms with Crippen molar-refractivity contribution < 1.29 is 9.53 Å². The van der Waals surface area contributed by atoms with Gasteiger partial charge in [-0.25, -0.2) is 0 Å². The predicted octanol–water partition coefficient (Wildman–Crippen LogP) is 0.444. The fourth-order valence-corrected chi connectivity index (χ4v) is 1.94. The summed E-state index contributed by atoms with van der Waals surface area (Å²) >= 11 is 1.64. The van der Waals surface area contributed by atoms with Crippen molar-refractivity contribution in [1.29, 1.82) is 0 Å². The van der Waals surface area contributed by atoms with E-state index in [1.165, 1.54) is 0 Å². The van der Waals surface area contributed by atoms with Crippen LogP contribution in [0.3, 0.4) is 0 Å². The van der Waals surface area contributed by atoms with Crippen molar-refractivity contribution in [3.05, 3.63) is 0 Å². The van der Waals surface area contributed by atoms with Gasteiger partial charge in [0.05, 0.1) is 0 Å². The lowest BCUT2D eigenvalue weighted by molar-refractivity contribution is -0.122. The van der Waals surface area contributed by atoms with E-state index in [1.807, 2.05) is 6.92 Å². The van der Waals surface area contributed by atoms with Crippen molar-refractivity contribution in [2.45, 2.75) is 13.0 Å². The van der Waals surface area contributed by atoms with Crippen molar-refractivity contribution in [3.63, 3.8) is 0 Å². The standard InChI is InChI=1S/C8H12N4O2S/c1-2-15-3-4-7(13)10-5-6(9)11-12-8(5)14-4/h4H,2-3H2,1H3,(H,10,13)(H3,9,11,12). The van der Waals surface area contributed by atoms with Crippen LogP contribution in [0.15, 0.2) is 0 Å². The highest BCUT2D eigenvalue weighted by atomic mass is 32.2. The van der Waals surface area contributed by atoms with E-state index < -0.39 is 6.10 Å². The first kappa shape index (κ1) is 10.2. The topological polar surface area (TPSA) is 93.0 Å². The van der Waals surface area contributed by atoms with Crippen LogP contribution in [0.2, 0.25) is 0 Å². The summed E-state index contributed by atoms with van der Waals surface area (Å²) in [6, 6.07) is 0. The largest absolute Gasteiger partial charge is 0.461 e. The molecule has 1 aromatic rings. The second-order valence-corrected chi connectivity index (χ2v) is 4.39. The Kier molecular flexibility index (Phi) is 2.72. The molecule has 0 aliphatic carbocycles. The molecule has 1 unspecified atom stereocenters. The monoisotopic (exact) mass is 228 g/mol. The van der Waals surface area contributed by atoms with Crippen LogP contribution >= 0.6 is 11.8 Å². The molecule has 15 heavy (non-hydrogen) atoms. The second kappa shape index (κ2) is 4.01. The van der Waals surface area contributed by atoms with Crippen LogP contribution in [0.5, 0.6) is 5.88 Å². The van der Waals surface area contributed by atoms with E-state index in [1.54, 1.807) is 11.8 Å². The number of amides is 1. The van der Waals surface area contributed by atoms with E-state index in [4.69, 9.17) is 10.5 Å². The fraction of sp³-hybridized carbons (Fsp3) is 0.500. The molecule has 2 rings (SSSR count). The quantitative estimate of drug-likeness (QED) is 0.698. The number of fused-ring (bicyclic) bond motifs is 1. The van der Waals surface area contributed by atoms with Gasteiger partial charge in [-0.15, -0.1) is 5.10 Å². The molecular weight excluding hydrogens is 216 g/mol. The number of hydrogen-bond donors (Lipinski definition) is 3. The first-order chi connectivity index (χ1) is 7.22. The molecule has 0 saturated carbocycles. The lowest BCUT2D eigenvalue weighted by Crippen LogP contribution is -2.38. The molecule has 2 heterocycles. The first-order valence-corrected chi connectivity index (χ1v) is 5.77. The molecule has 0 bridgehead atoms. The van der Waals surface area contributed by atoms with E-state index in [0.717, 1.165) is 5.75 Å². The number of nitrogens with one attached hydrogen (secondary N) is 2. The van der Waals surface area contributed by atoms with Crippen molar-refractivity contribution >= 4 is 29.2 Å². The number of aromatic amines is 1. The number of carbonyl (C=O) groups excluding carboxylic acids is 1. The van der Waals surface area contributed by atoms with Crippen LogP contribution in [-0.2, 0) is 4.79 Å². The number of nitrogens with two attached hydrogens (primary N) is 1. The van der Waals surface area contributed by atoms with E-state index in [9.17, 15) is 4.79 Å². The summed E-state index contributed by atoms with van der Waals surface area (Å²) in [5.74, 6) is 2.09. The number of aromatic nitrogens is 2. The minimum Gasteiger partial charge on any atom is -0.461 e. The van der Waals surface area contributed by atoms with Gasteiger partial charge in [-0.1, -0.05) is 6.92 Å².